The first kappa shape index (κ1) is 18.5. The molecule has 3 aromatic heterocycles. The number of hydrogen-bond donors (Lipinski definition) is 1. The number of thiophene rings is 1. The molecule has 2 unspecified atom stereocenters. The van der Waals surface area contributed by atoms with Crippen molar-refractivity contribution in [3.63, 3.8) is 0 Å². The minimum Gasteiger partial charge on any atom is -0.481 e. The molecule has 5 heterocycles. The van der Waals surface area contributed by atoms with Crippen LogP contribution in [0.2, 0.25) is 0 Å². The largest absolute Gasteiger partial charge is 0.481 e. The highest BCUT2D eigenvalue weighted by molar-refractivity contribution is 7.16. The molecule has 0 bridgehead atoms. The van der Waals surface area contributed by atoms with E-state index in [2.05, 4.69) is 40.8 Å². The number of aromatic nitrogens is 4. The molecule has 2 atom stereocenters. The molecule has 2 aliphatic heterocycles. The van der Waals surface area contributed by atoms with E-state index in [0.717, 1.165) is 54.6 Å². The lowest BCUT2D eigenvalue weighted by Crippen LogP contribution is -2.35. The lowest BCUT2D eigenvalue weighted by atomic mass is 9.77. The van der Waals surface area contributed by atoms with Crippen LogP contribution in [-0.2, 0) is 18.4 Å². The number of carbonyl (C=O) groups is 1. The van der Waals surface area contributed by atoms with Crippen LogP contribution in [0, 0.1) is 11.3 Å². The molecule has 1 N–H and O–H groups in total. The number of carboxylic acids is 1. The number of anilines is 1. The van der Waals surface area contributed by atoms with E-state index in [4.69, 9.17) is 0 Å². The molecule has 0 amide bonds. The minimum atomic E-state index is -0.721. The molecule has 8 nitrogen and oxygen atoms in total. The first-order valence-electron chi connectivity index (χ1n) is 9.88. The molecule has 0 aliphatic carbocycles. The van der Waals surface area contributed by atoms with E-state index in [1.165, 1.54) is 0 Å². The van der Waals surface area contributed by atoms with Crippen LogP contribution in [0.15, 0.2) is 30.2 Å². The Labute approximate surface area is 172 Å². The fourth-order valence-electron chi connectivity index (χ4n) is 5.06. The van der Waals surface area contributed by atoms with E-state index >= 15 is 0 Å². The average molecular weight is 413 g/mol. The summed E-state index contributed by atoms with van der Waals surface area (Å²) in [5.74, 6) is 1.73. The highest BCUT2D eigenvalue weighted by Crippen LogP contribution is 2.48. The predicted octanol–water partition coefficient (Wildman–Crippen LogP) is 2.23. The molecule has 3 aromatic rings. The van der Waals surface area contributed by atoms with Gasteiger partial charge in [0.25, 0.3) is 0 Å². The van der Waals surface area contributed by atoms with Crippen LogP contribution in [0.4, 0.5) is 5.82 Å². The third-order valence-corrected chi connectivity index (χ3v) is 7.31. The summed E-state index contributed by atoms with van der Waals surface area (Å²) in [6.45, 7) is 4.40. The van der Waals surface area contributed by atoms with Gasteiger partial charge in [0.2, 0.25) is 0 Å². The van der Waals surface area contributed by atoms with Crippen LogP contribution in [-0.4, -0.2) is 61.7 Å². The summed E-state index contributed by atoms with van der Waals surface area (Å²) in [7, 11) is 2.02. The summed E-state index contributed by atoms with van der Waals surface area (Å²) in [6.07, 6.45) is 6.33. The molecule has 2 saturated heterocycles. The first-order chi connectivity index (χ1) is 14.0. The molecule has 152 valence electrons. The summed E-state index contributed by atoms with van der Waals surface area (Å²) in [6, 6.07) is 2.08. The Kier molecular flexibility index (Phi) is 4.51. The summed E-state index contributed by atoms with van der Waals surface area (Å²) < 4.78 is 2.05. The lowest BCUT2D eigenvalue weighted by Gasteiger charge is -2.29. The molecular formula is C20H24N6O2S. The number of nitrogens with zero attached hydrogens (tertiary/aromatic N) is 6. The molecule has 0 radical (unpaired) electrons. The zero-order chi connectivity index (χ0) is 20.0. The van der Waals surface area contributed by atoms with E-state index in [1.54, 1.807) is 17.7 Å². The predicted molar refractivity (Wildman–Crippen MR) is 111 cm³/mol. The van der Waals surface area contributed by atoms with Crippen molar-refractivity contribution in [2.45, 2.75) is 19.4 Å². The molecule has 9 heteroatoms. The second kappa shape index (κ2) is 7.07. The second-order valence-corrected chi connectivity index (χ2v) is 9.19. The van der Waals surface area contributed by atoms with Crippen molar-refractivity contribution in [1.29, 1.82) is 0 Å². The number of rotatable bonds is 6. The number of hydrogen-bond acceptors (Lipinski definition) is 7. The molecule has 5 rings (SSSR count). The van der Waals surface area contributed by atoms with E-state index in [-0.39, 0.29) is 11.8 Å². The Morgan fingerprint density at radius 2 is 2.21 bits per heavy atom. The van der Waals surface area contributed by atoms with Gasteiger partial charge in [0.1, 0.15) is 22.8 Å². The van der Waals surface area contributed by atoms with E-state index in [1.807, 2.05) is 19.4 Å². The summed E-state index contributed by atoms with van der Waals surface area (Å²) in [5, 5.41) is 12.5. The fraction of sp³-hybridized carbons (Fsp3) is 0.500. The van der Waals surface area contributed by atoms with Crippen LogP contribution >= 0.6 is 11.3 Å². The van der Waals surface area contributed by atoms with Crippen LogP contribution in [0.5, 0.6) is 0 Å². The van der Waals surface area contributed by atoms with Gasteiger partial charge in [0.05, 0.1) is 11.9 Å². The van der Waals surface area contributed by atoms with Crippen molar-refractivity contribution in [2.75, 3.05) is 31.1 Å². The standard InChI is InChI=1S/C20H24N6O2S/c1-24-6-5-21-16(24)10-25-8-14-9-26(12-20(14,11-25)4-2-17(27)28)18-15-3-7-29-19(15)23-13-22-18/h3,5-7,13-14H,2,4,8-12H2,1H3,(H,27,28). The number of carboxylic acid groups (broad SMARTS) is 1. The van der Waals surface area contributed by atoms with Crippen molar-refractivity contribution >= 4 is 33.3 Å². The molecular weight excluding hydrogens is 388 g/mol. The fourth-order valence-corrected chi connectivity index (χ4v) is 5.79. The molecule has 2 aliphatic rings. The monoisotopic (exact) mass is 412 g/mol. The summed E-state index contributed by atoms with van der Waals surface area (Å²) >= 11 is 1.63. The number of fused-ring (bicyclic) bond motifs is 2. The minimum absolute atomic E-state index is 0.0309. The zero-order valence-corrected chi connectivity index (χ0v) is 17.2. The third kappa shape index (κ3) is 3.28. The number of aryl methyl sites for hydroxylation is 1. The maximum atomic E-state index is 11.4. The Balaban J connectivity index is 1.40. The Bertz CT molecular complexity index is 1050. The number of aliphatic carboxylic acids is 1. The molecule has 0 saturated carbocycles. The van der Waals surface area contributed by atoms with Gasteiger partial charge in [-0.15, -0.1) is 11.3 Å². The van der Waals surface area contributed by atoms with Gasteiger partial charge in [-0.3, -0.25) is 9.69 Å². The van der Waals surface area contributed by atoms with Crippen molar-refractivity contribution in [3.8, 4) is 0 Å². The smallest absolute Gasteiger partial charge is 0.303 e. The molecule has 2 fully saturated rings. The lowest BCUT2D eigenvalue weighted by molar-refractivity contribution is -0.137. The van der Waals surface area contributed by atoms with Gasteiger partial charge in [0.15, 0.2) is 0 Å². The average Bonchev–Trinajstić information content (AvgIpc) is 3.44. The molecule has 29 heavy (non-hydrogen) atoms. The normalized spacial score (nSPS) is 24.4. The third-order valence-electron chi connectivity index (χ3n) is 6.49. The molecule has 0 aromatic carbocycles. The number of imidazole rings is 1. The highest BCUT2D eigenvalue weighted by Gasteiger charge is 2.52. The van der Waals surface area contributed by atoms with Gasteiger partial charge in [-0.2, -0.15) is 0 Å². The van der Waals surface area contributed by atoms with Gasteiger partial charge in [-0.25, -0.2) is 15.0 Å². The van der Waals surface area contributed by atoms with E-state index in [9.17, 15) is 9.90 Å². The first-order valence-corrected chi connectivity index (χ1v) is 10.8. The second-order valence-electron chi connectivity index (χ2n) is 8.29. The Morgan fingerprint density at radius 1 is 1.31 bits per heavy atom. The number of likely N-dealkylation sites (tertiary alicyclic amines) is 1. The Hall–Kier alpha value is -2.52. The van der Waals surface area contributed by atoms with Crippen LogP contribution in [0.1, 0.15) is 18.7 Å². The topological polar surface area (TPSA) is 87.4 Å². The van der Waals surface area contributed by atoms with Crippen LogP contribution in [0.25, 0.3) is 10.2 Å². The van der Waals surface area contributed by atoms with Gasteiger partial charge in [0, 0.05) is 57.5 Å². The summed E-state index contributed by atoms with van der Waals surface area (Å²) in [4.78, 5) is 30.6. The highest BCUT2D eigenvalue weighted by atomic mass is 32.1. The van der Waals surface area contributed by atoms with Gasteiger partial charge in [-0.1, -0.05) is 0 Å². The SMILES string of the molecule is Cn1ccnc1CN1CC2CN(c3ncnc4sccc34)CC2(CCC(=O)O)C1. The van der Waals surface area contributed by atoms with E-state index in [0.29, 0.717) is 12.3 Å². The van der Waals surface area contributed by atoms with Crippen molar-refractivity contribution < 1.29 is 9.90 Å². The zero-order valence-electron chi connectivity index (χ0n) is 16.4. The quantitative estimate of drug-likeness (QED) is 0.664. The molecule has 0 spiro atoms. The van der Waals surface area contributed by atoms with Crippen molar-refractivity contribution in [1.82, 2.24) is 24.4 Å². The van der Waals surface area contributed by atoms with Crippen molar-refractivity contribution in [2.24, 2.45) is 18.4 Å². The summed E-state index contributed by atoms with van der Waals surface area (Å²) in [5.41, 5.74) is -0.0309. The van der Waals surface area contributed by atoms with Crippen molar-refractivity contribution in [3.05, 3.63) is 36.0 Å². The van der Waals surface area contributed by atoms with Gasteiger partial charge >= 0.3 is 5.97 Å². The van der Waals surface area contributed by atoms with E-state index < -0.39 is 5.97 Å². The Morgan fingerprint density at radius 3 is 3.00 bits per heavy atom. The van der Waals surface area contributed by atoms with Gasteiger partial charge in [-0.05, 0) is 23.8 Å². The van der Waals surface area contributed by atoms with Gasteiger partial charge < -0.3 is 14.6 Å². The van der Waals surface area contributed by atoms with Crippen LogP contribution < -0.4 is 4.90 Å². The van der Waals surface area contributed by atoms with Crippen LogP contribution in [0.3, 0.4) is 0 Å². The maximum Gasteiger partial charge on any atom is 0.303 e. The maximum absolute atomic E-state index is 11.4.